The Labute approximate surface area is 98.1 Å². The Hall–Kier alpha value is -2.37. The molecule has 2 aromatic heterocycles. The van der Waals surface area contributed by atoms with E-state index in [2.05, 4.69) is 20.3 Å². The lowest BCUT2D eigenvalue weighted by molar-refractivity contribution is -0.114. The van der Waals surface area contributed by atoms with Crippen LogP contribution in [0.1, 0.15) is 6.92 Å². The Bertz CT molecular complexity index is 536. The zero-order valence-corrected chi connectivity index (χ0v) is 9.52. The lowest BCUT2D eigenvalue weighted by Crippen LogP contribution is -2.06. The van der Waals surface area contributed by atoms with Crippen molar-refractivity contribution in [3.63, 3.8) is 0 Å². The summed E-state index contributed by atoms with van der Waals surface area (Å²) in [4.78, 5) is 22.1. The van der Waals surface area contributed by atoms with Crippen LogP contribution in [-0.2, 0) is 4.79 Å². The Morgan fingerprint density at radius 2 is 2.18 bits per heavy atom. The zero-order chi connectivity index (χ0) is 12.3. The Kier molecular flexibility index (Phi) is 3.04. The smallest absolute Gasteiger partial charge is 0.223 e. The number of carbonyl (C=O) groups excluding carboxylic acids is 1. The van der Waals surface area contributed by atoms with Crippen LogP contribution in [0.15, 0.2) is 24.4 Å². The van der Waals surface area contributed by atoms with Crippen LogP contribution in [0.4, 0.5) is 5.95 Å². The van der Waals surface area contributed by atoms with Crippen LogP contribution in [0, 0.1) is 0 Å². The number of imidazole rings is 1. The molecule has 6 heteroatoms. The van der Waals surface area contributed by atoms with Crippen LogP contribution in [0.2, 0.25) is 0 Å². The summed E-state index contributed by atoms with van der Waals surface area (Å²) >= 11 is 0. The van der Waals surface area contributed by atoms with Gasteiger partial charge in [0, 0.05) is 19.2 Å². The maximum Gasteiger partial charge on any atom is 0.223 e. The number of amides is 1. The van der Waals surface area contributed by atoms with Gasteiger partial charge in [0.25, 0.3) is 0 Å². The van der Waals surface area contributed by atoms with Crippen LogP contribution >= 0.6 is 0 Å². The van der Waals surface area contributed by atoms with E-state index in [1.54, 1.807) is 19.4 Å². The topological polar surface area (TPSA) is 79.9 Å². The molecule has 0 atom stereocenters. The summed E-state index contributed by atoms with van der Waals surface area (Å²) in [5.74, 6) is 0.744. The number of anilines is 1. The Morgan fingerprint density at radius 3 is 2.88 bits per heavy atom. The van der Waals surface area contributed by atoms with E-state index in [4.69, 9.17) is 4.74 Å². The van der Waals surface area contributed by atoms with E-state index in [-0.39, 0.29) is 5.91 Å². The molecule has 0 aliphatic heterocycles. The number of hydrogen-bond acceptors (Lipinski definition) is 4. The van der Waals surface area contributed by atoms with E-state index >= 15 is 0 Å². The summed E-state index contributed by atoms with van der Waals surface area (Å²) in [6.07, 6.45) is 1.67. The number of H-pyrrole nitrogens is 1. The van der Waals surface area contributed by atoms with E-state index in [0.29, 0.717) is 23.2 Å². The molecule has 1 amide bonds. The Balaban J connectivity index is 2.26. The first-order valence-corrected chi connectivity index (χ1v) is 5.03. The second-order valence-electron chi connectivity index (χ2n) is 3.38. The molecule has 0 saturated carbocycles. The van der Waals surface area contributed by atoms with Crippen LogP contribution in [0.5, 0.6) is 5.88 Å². The first-order valence-electron chi connectivity index (χ1n) is 5.03. The summed E-state index contributed by atoms with van der Waals surface area (Å²) in [5, 5.41) is 2.56. The third-order valence-corrected chi connectivity index (χ3v) is 2.07. The Morgan fingerprint density at radius 1 is 1.35 bits per heavy atom. The fourth-order valence-corrected chi connectivity index (χ4v) is 1.35. The van der Waals surface area contributed by atoms with Crippen molar-refractivity contribution >= 4 is 11.9 Å². The van der Waals surface area contributed by atoms with Gasteiger partial charge in [-0.2, -0.15) is 0 Å². The first-order chi connectivity index (χ1) is 8.19. The fourth-order valence-electron chi connectivity index (χ4n) is 1.35. The molecule has 2 rings (SSSR count). The van der Waals surface area contributed by atoms with Gasteiger partial charge < -0.3 is 9.72 Å². The summed E-state index contributed by atoms with van der Waals surface area (Å²) in [7, 11) is 1.55. The van der Waals surface area contributed by atoms with Crippen molar-refractivity contribution in [3.05, 3.63) is 24.4 Å². The van der Waals surface area contributed by atoms with Gasteiger partial charge >= 0.3 is 0 Å². The van der Waals surface area contributed by atoms with Crippen molar-refractivity contribution in [1.82, 2.24) is 15.0 Å². The SMILES string of the molecule is COc1cccc(-c2c[nH]c(NC(C)=O)n2)n1. The number of rotatable bonds is 3. The van der Waals surface area contributed by atoms with Crippen molar-refractivity contribution in [2.24, 2.45) is 0 Å². The number of aromatic amines is 1. The van der Waals surface area contributed by atoms with Crippen molar-refractivity contribution < 1.29 is 9.53 Å². The summed E-state index contributed by atoms with van der Waals surface area (Å²) in [6, 6.07) is 5.40. The average molecular weight is 232 g/mol. The normalized spacial score (nSPS) is 10.0. The van der Waals surface area contributed by atoms with Crippen molar-refractivity contribution in [2.45, 2.75) is 6.92 Å². The van der Waals surface area contributed by atoms with Gasteiger partial charge in [0.05, 0.1) is 12.8 Å². The van der Waals surface area contributed by atoms with Crippen molar-refractivity contribution in [3.8, 4) is 17.3 Å². The number of nitrogens with zero attached hydrogens (tertiary/aromatic N) is 2. The van der Waals surface area contributed by atoms with Gasteiger partial charge in [-0.1, -0.05) is 6.07 Å². The molecule has 0 bridgehead atoms. The molecule has 17 heavy (non-hydrogen) atoms. The van der Waals surface area contributed by atoms with E-state index < -0.39 is 0 Å². The number of ether oxygens (including phenoxy) is 1. The van der Waals surface area contributed by atoms with E-state index in [9.17, 15) is 4.79 Å². The highest BCUT2D eigenvalue weighted by atomic mass is 16.5. The molecule has 2 heterocycles. The molecule has 0 aliphatic rings. The molecular formula is C11H12N4O2. The quantitative estimate of drug-likeness (QED) is 0.839. The molecule has 2 aromatic rings. The zero-order valence-electron chi connectivity index (χ0n) is 9.52. The molecule has 0 spiro atoms. The molecule has 6 nitrogen and oxygen atoms in total. The van der Waals surface area contributed by atoms with E-state index in [0.717, 1.165) is 0 Å². The largest absolute Gasteiger partial charge is 0.481 e. The molecule has 2 N–H and O–H groups in total. The predicted molar refractivity (Wildman–Crippen MR) is 62.7 cm³/mol. The minimum Gasteiger partial charge on any atom is -0.481 e. The third-order valence-electron chi connectivity index (χ3n) is 2.07. The van der Waals surface area contributed by atoms with Gasteiger partial charge in [-0.25, -0.2) is 9.97 Å². The van der Waals surface area contributed by atoms with Gasteiger partial charge in [0.15, 0.2) is 0 Å². The maximum atomic E-state index is 10.9. The second kappa shape index (κ2) is 4.65. The minimum absolute atomic E-state index is 0.176. The molecule has 0 aromatic carbocycles. The van der Waals surface area contributed by atoms with Crippen LogP contribution in [0.3, 0.4) is 0 Å². The van der Waals surface area contributed by atoms with Gasteiger partial charge in [-0.05, 0) is 6.07 Å². The second-order valence-corrected chi connectivity index (χ2v) is 3.38. The summed E-state index contributed by atoms with van der Waals surface area (Å²) in [5.41, 5.74) is 1.32. The number of carbonyl (C=O) groups is 1. The molecule has 0 saturated heterocycles. The molecule has 0 aliphatic carbocycles. The van der Waals surface area contributed by atoms with Crippen LogP contribution in [-0.4, -0.2) is 28.0 Å². The van der Waals surface area contributed by atoms with E-state index in [1.165, 1.54) is 6.92 Å². The average Bonchev–Trinajstić information content (AvgIpc) is 2.77. The third kappa shape index (κ3) is 2.60. The number of hydrogen-bond donors (Lipinski definition) is 2. The monoisotopic (exact) mass is 232 g/mol. The molecule has 88 valence electrons. The number of methoxy groups -OCH3 is 1. The van der Waals surface area contributed by atoms with Gasteiger partial charge in [-0.15, -0.1) is 0 Å². The first kappa shape index (κ1) is 11.1. The lowest BCUT2D eigenvalue weighted by Gasteiger charge is -2.00. The fraction of sp³-hybridized carbons (Fsp3) is 0.182. The van der Waals surface area contributed by atoms with Crippen LogP contribution in [0.25, 0.3) is 11.4 Å². The highest BCUT2D eigenvalue weighted by Gasteiger charge is 2.06. The molecule has 0 unspecified atom stereocenters. The number of pyridine rings is 1. The van der Waals surface area contributed by atoms with Crippen LogP contribution < -0.4 is 10.1 Å². The molecule has 0 radical (unpaired) electrons. The number of aromatic nitrogens is 3. The van der Waals surface area contributed by atoms with Crippen molar-refractivity contribution in [1.29, 1.82) is 0 Å². The maximum absolute atomic E-state index is 10.9. The lowest BCUT2D eigenvalue weighted by atomic mass is 10.3. The summed E-state index contributed by atoms with van der Waals surface area (Å²) < 4.78 is 5.03. The molecular weight excluding hydrogens is 220 g/mol. The van der Waals surface area contributed by atoms with Gasteiger partial charge in [0.2, 0.25) is 17.7 Å². The van der Waals surface area contributed by atoms with Gasteiger partial charge in [0.1, 0.15) is 5.69 Å². The minimum atomic E-state index is -0.176. The molecule has 0 fully saturated rings. The standard InChI is InChI=1S/C11H12N4O2/c1-7(16)13-11-12-6-9(15-11)8-4-3-5-10(14-8)17-2/h3-6H,1-2H3,(H2,12,13,15,16). The van der Waals surface area contributed by atoms with Gasteiger partial charge in [-0.3, -0.25) is 10.1 Å². The predicted octanol–water partition coefficient (Wildman–Crippen LogP) is 1.44. The summed E-state index contributed by atoms with van der Waals surface area (Å²) in [6.45, 7) is 1.42. The highest BCUT2D eigenvalue weighted by molar-refractivity contribution is 5.87. The number of nitrogens with one attached hydrogen (secondary N) is 2. The van der Waals surface area contributed by atoms with E-state index in [1.807, 2.05) is 12.1 Å². The van der Waals surface area contributed by atoms with Crippen molar-refractivity contribution in [2.75, 3.05) is 12.4 Å². The highest BCUT2D eigenvalue weighted by Crippen LogP contribution is 2.18.